The van der Waals surface area contributed by atoms with E-state index in [4.69, 9.17) is 0 Å². The van der Waals surface area contributed by atoms with Crippen LogP contribution in [0.15, 0.2) is 152 Å². The van der Waals surface area contributed by atoms with Crippen LogP contribution in [0.2, 0.25) is 0 Å². The van der Waals surface area contributed by atoms with E-state index in [9.17, 15) is 0 Å². The molecule has 226 valence electrons. The Morgan fingerprint density at radius 1 is 0.542 bits per heavy atom. The van der Waals surface area contributed by atoms with Gasteiger partial charge in [-0.3, -0.25) is 0 Å². The molecule has 7 aromatic carbocycles. The highest BCUT2D eigenvalue weighted by Crippen LogP contribution is 2.51. The SMILES string of the molecule is CC1(C)c2cccc3c2-n2c4c1cccc4c1c(-c4ccccc4-c4ccccc4)cc(-c4ccccc4Nc4ccccc4)c(c12)B3. The summed E-state index contributed by atoms with van der Waals surface area (Å²) in [5, 5.41) is 6.45. The first-order chi connectivity index (χ1) is 23.6. The van der Waals surface area contributed by atoms with Crippen LogP contribution in [0, 0.1) is 0 Å². The Bertz CT molecular complexity index is 2580. The number of benzene rings is 7. The summed E-state index contributed by atoms with van der Waals surface area (Å²) < 4.78 is 2.64. The van der Waals surface area contributed by atoms with Gasteiger partial charge in [0, 0.05) is 44.3 Å². The van der Waals surface area contributed by atoms with Crippen LogP contribution >= 0.6 is 0 Å². The molecule has 48 heavy (non-hydrogen) atoms. The van der Waals surface area contributed by atoms with E-state index >= 15 is 0 Å². The van der Waals surface area contributed by atoms with Gasteiger partial charge in [-0.1, -0.05) is 147 Å². The second-order valence-corrected chi connectivity index (χ2v) is 13.8. The van der Waals surface area contributed by atoms with Crippen molar-refractivity contribution in [3.63, 3.8) is 0 Å². The van der Waals surface area contributed by atoms with Crippen LogP contribution in [0.5, 0.6) is 0 Å². The maximum atomic E-state index is 3.77. The molecule has 0 bridgehead atoms. The summed E-state index contributed by atoms with van der Waals surface area (Å²) in [7, 11) is 0.886. The number of hydrogen-bond donors (Lipinski definition) is 1. The zero-order valence-corrected chi connectivity index (χ0v) is 27.1. The molecular weight excluding hydrogens is 579 g/mol. The van der Waals surface area contributed by atoms with Crippen molar-refractivity contribution in [1.82, 2.24) is 4.57 Å². The van der Waals surface area contributed by atoms with Gasteiger partial charge in [0.05, 0.1) is 5.52 Å². The fourth-order valence-corrected chi connectivity index (χ4v) is 8.62. The van der Waals surface area contributed by atoms with Crippen molar-refractivity contribution in [2.45, 2.75) is 19.3 Å². The summed E-state index contributed by atoms with van der Waals surface area (Å²) in [6.07, 6.45) is 0. The predicted octanol–water partition coefficient (Wildman–Crippen LogP) is 9.87. The third-order valence-electron chi connectivity index (χ3n) is 10.8. The van der Waals surface area contributed by atoms with Crippen LogP contribution in [0.4, 0.5) is 11.4 Å². The zero-order valence-electron chi connectivity index (χ0n) is 27.1. The quantitative estimate of drug-likeness (QED) is 0.192. The Morgan fingerprint density at radius 2 is 1.21 bits per heavy atom. The number of nitrogens with zero attached hydrogens (tertiary/aromatic N) is 1. The van der Waals surface area contributed by atoms with Gasteiger partial charge >= 0.3 is 0 Å². The van der Waals surface area contributed by atoms with E-state index in [1.165, 1.54) is 82.9 Å². The van der Waals surface area contributed by atoms with Gasteiger partial charge in [-0.2, -0.15) is 0 Å². The van der Waals surface area contributed by atoms with Gasteiger partial charge in [-0.15, -0.1) is 0 Å². The van der Waals surface area contributed by atoms with E-state index in [1.54, 1.807) is 0 Å². The maximum absolute atomic E-state index is 3.77. The summed E-state index contributed by atoms with van der Waals surface area (Å²) in [5.74, 6) is 0. The molecule has 0 amide bonds. The highest BCUT2D eigenvalue weighted by molar-refractivity contribution is 6.73. The second kappa shape index (κ2) is 10.1. The second-order valence-electron chi connectivity index (χ2n) is 13.8. The summed E-state index contributed by atoms with van der Waals surface area (Å²) in [6.45, 7) is 4.80. The van der Waals surface area contributed by atoms with Gasteiger partial charge in [0.1, 0.15) is 0 Å². The highest BCUT2D eigenvalue weighted by atomic mass is 15.0. The molecule has 1 aromatic heterocycles. The number of anilines is 2. The van der Waals surface area contributed by atoms with Crippen molar-refractivity contribution in [3.8, 4) is 39.1 Å². The Morgan fingerprint density at radius 3 is 2.02 bits per heavy atom. The van der Waals surface area contributed by atoms with Crippen LogP contribution in [0.3, 0.4) is 0 Å². The van der Waals surface area contributed by atoms with E-state index in [1.807, 2.05) is 0 Å². The fourth-order valence-electron chi connectivity index (χ4n) is 8.62. The molecule has 0 radical (unpaired) electrons. The molecule has 0 aliphatic carbocycles. The summed E-state index contributed by atoms with van der Waals surface area (Å²) in [5.41, 5.74) is 19.3. The van der Waals surface area contributed by atoms with E-state index in [0.29, 0.717) is 0 Å². The molecule has 0 unspecified atom stereocenters. The van der Waals surface area contributed by atoms with E-state index in [2.05, 4.69) is 175 Å². The molecule has 0 saturated heterocycles. The third-order valence-corrected chi connectivity index (χ3v) is 10.8. The minimum absolute atomic E-state index is 0.107. The average molecular weight is 613 g/mol. The van der Waals surface area contributed by atoms with Crippen molar-refractivity contribution in [1.29, 1.82) is 0 Å². The average Bonchev–Trinajstić information content (AvgIpc) is 3.49. The van der Waals surface area contributed by atoms with Crippen LogP contribution in [-0.2, 0) is 5.41 Å². The van der Waals surface area contributed by atoms with E-state index in [-0.39, 0.29) is 5.41 Å². The maximum Gasteiger partial charge on any atom is 0.198 e. The van der Waals surface area contributed by atoms with Crippen LogP contribution in [-0.4, -0.2) is 11.8 Å². The molecule has 0 fully saturated rings. The number of para-hydroxylation sites is 4. The predicted molar refractivity (Wildman–Crippen MR) is 205 cm³/mol. The number of nitrogens with one attached hydrogen (secondary N) is 1. The minimum Gasteiger partial charge on any atom is -0.355 e. The van der Waals surface area contributed by atoms with Crippen LogP contribution in [0.25, 0.3) is 60.9 Å². The molecule has 0 atom stereocenters. The molecule has 2 nitrogen and oxygen atoms in total. The van der Waals surface area contributed by atoms with Gasteiger partial charge in [0.15, 0.2) is 7.28 Å². The largest absolute Gasteiger partial charge is 0.355 e. The van der Waals surface area contributed by atoms with Gasteiger partial charge < -0.3 is 9.88 Å². The lowest BCUT2D eigenvalue weighted by atomic mass is 9.57. The first-order valence-electron chi connectivity index (χ1n) is 16.9. The van der Waals surface area contributed by atoms with Crippen molar-refractivity contribution in [2.24, 2.45) is 0 Å². The molecule has 8 aromatic rings. The first kappa shape index (κ1) is 27.3. The molecule has 0 saturated carbocycles. The van der Waals surface area contributed by atoms with Crippen molar-refractivity contribution in [3.05, 3.63) is 163 Å². The van der Waals surface area contributed by atoms with Crippen LogP contribution < -0.4 is 16.2 Å². The third kappa shape index (κ3) is 3.76. The molecule has 3 heterocycles. The van der Waals surface area contributed by atoms with Crippen molar-refractivity contribution >= 4 is 51.4 Å². The van der Waals surface area contributed by atoms with Gasteiger partial charge in [0.25, 0.3) is 0 Å². The molecule has 1 N–H and O–H groups in total. The Labute approximate surface area is 281 Å². The van der Waals surface area contributed by atoms with Crippen molar-refractivity contribution < 1.29 is 0 Å². The van der Waals surface area contributed by atoms with Gasteiger partial charge in [-0.05, 0) is 68.7 Å². The standard InChI is InChI=1S/C45H33BN2/c1-45(2)36-23-13-22-33-40-34(31-20-10-9-19-30(31)28-15-5-3-6-16-28)27-35(32-21-11-12-26-39(32)47-29-17-7-4-8-18-29)41-44(40)48(42(33)36)43-37(45)24-14-25-38(43)46-41/h3-27,46-47H,1-2H3. The number of aromatic nitrogens is 1. The van der Waals surface area contributed by atoms with E-state index < -0.39 is 0 Å². The van der Waals surface area contributed by atoms with Gasteiger partial charge in [0.2, 0.25) is 0 Å². The Hall–Kier alpha value is -5.80. The summed E-state index contributed by atoms with van der Waals surface area (Å²) in [4.78, 5) is 0. The number of fused-ring (bicyclic) bond motifs is 1. The van der Waals surface area contributed by atoms with Crippen molar-refractivity contribution in [2.75, 3.05) is 5.32 Å². The normalized spacial score (nSPS) is 13.5. The lowest BCUT2D eigenvalue weighted by Crippen LogP contribution is -2.41. The number of rotatable bonds is 5. The Balaban J connectivity index is 1.38. The lowest BCUT2D eigenvalue weighted by Gasteiger charge is -2.37. The minimum atomic E-state index is -0.107. The zero-order chi connectivity index (χ0) is 32.0. The van der Waals surface area contributed by atoms with Crippen LogP contribution in [0.1, 0.15) is 25.0 Å². The Kier molecular flexibility index (Phi) is 5.75. The lowest BCUT2D eigenvalue weighted by molar-refractivity contribution is 0.631. The topological polar surface area (TPSA) is 17.0 Å². The van der Waals surface area contributed by atoms with E-state index in [0.717, 1.165) is 18.7 Å². The molecule has 2 aliphatic heterocycles. The first-order valence-corrected chi connectivity index (χ1v) is 16.9. The smallest absolute Gasteiger partial charge is 0.198 e. The fraction of sp³-hybridized carbons (Fsp3) is 0.0667. The molecular formula is C45H33BN2. The summed E-state index contributed by atoms with van der Waals surface area (Å²) in [6, 6.07) is 55.6. The molecule has 3 heteroatoms. The molecule has 10 rings (SSSR count). The van der Waals surface area contributed by atoms with Gasteiger partial charge in [-0.25, -0.2) is 0 Å². The monoisotopic (exact) mass is 612 g/mol. The number of hydrogen-bond acceptors (Lipinski definition) is 1. The molecule has 0 spiro atoms. The molecule has 2 aliphatic rings. The summed E-state index contributed by atoms with van der Waals surface area (Å²) >= 11 is 0. The highest BCUT2D eigenvalue weighted by Gasteiger charge is 2.39.